The van der Waals surface area contributed by atoms with Crippen LogP contribution < -0.4 is 0 Å². The van der Waals surface area contributed by atoms with Crippen molar-refractivity contribution in [3.05, 3.63) is 41.2 Å². The first-order valence-corrected chi connectivity index (χ1v) is 3.70. The van der Waals surface area contributed by atoms with E-state index in [9.17, 15) is 8.78 Å². The number of allylic oxidation sites excluding steroid dienone is 1. The van der Waals surface area contributed by atoms with Gasteiger partial charge in [-0.25, -0.2) is 8.78 Å². The molecule has 0 nitrogen and oxygen atoms in total. The lowest BCUT2D eigenvalue weighted by molar-refractivity contribution is 0.625. The Kier molecular flexibility index (Phi) is 2.58. The maximum absolute atomic E-state index is 13.2. The molecular formula is C10H10F2. The van der Waals surface area contributed by atoms with Crippen molar-refractivity contribution in [3.63, 3.8) is 0 Å². The van der Waals surface area contributed by atoms with Gasteiger partial charge in [0.25, 0.3) is 0 Å². The van der Waals surface area contributed by atoms with Crippen LogP contribution in [0, 0.1) is 5.82 Å². The maximum Gasteiger partial charge on any atom is 0.129 e. The second kappa shape index (κ2) is 3.48. The van der Waals surface area contributed by atoms with E-state index in [1.54, 1.807) is 19.9 Å². The largest absolute Gasteiger partial charge is 0.207 e. The number of rotatable bonds is 1. The van der Waals surface area contributed by atoms with Crippen molar-refractivity contribution >= 4 is 5.83 Å². The van der Waals surface area contributed by atoms with Crippen LogP contribution in [-0.4, -0.2) is 0 Å². The number of halogens is 2. The van der Waals surface area contributed by atoms with Gasteiger partial charge in [0.1, 0.15) is 11.6 Å². The van der Waals surface area contributed by atoms with Crippen LogP contribution >= 0.6 is 0 Å². The molecule has 0 fully saturated rings. The van der Waals surface area contributed by atoms with Gasteiger partial charge in [-0.1, -0.05) is 12.1 Å². The zero-order valence-corrected chi connectivity index (χ0v) is 7.07. The minimum absolute atomic E-state index is 0.301. The van der Waals surface area contributed by atoms with Crippen LogP contribution in [0.5, 0.6) is 0 Å². The summed E-state index contributed by atoms with van der Waals surface area (Å²) >= 11 is 0. The first kappa shape index (κ1) is 8.91. The highest BCUT2D eigenvalue weighted by molar-refractivity contribution is 5.61. The third-order valence-electron chi connectivity index (χ3n) is 1.52. The normalized spacial score (nSPS) is 9.67. The highest BCUT2D eigenvalue weighted by Gasteiger charge is 2.02. The van der Waals surface area contributed by atoms with Crippen molar-refractivity contribution in [2.45, 2.75) is 13.8 Å². The molecule has 0 aliphatic carbocycles. The number of hydrogen-bond acceptors (Lipinski definition) is 0. The van der Waals surface area contributed by atoms with Crippen molar-refractivity contribution in [1.29, 1.82) is 0 Å². The zero-order chi connectivity index (χ0) is 9.14. The molecule has 0 atom stereocenters. The fourth-order valence-corrected chi connectivity index (χ4v) is 0.914. The van der Waals surface area contributed by atoms with Crippen molar-refractivity contribution in [1.82, 2.24) is 0 Å². The molecule has 2 heteroatoms. The van der Waals surface area contributed by atoms with Gasteiger partial charge in [0, 0.05) is 5.56 Å². The molecule has 0 aliphatic heterocycles. The molecule has 1 rings (SSSR count). The number of benzene rings is 1. The summed E-state index contributed by atoms with van der Waals surface area (Å²) in [5.74, 6) is -0.765. The van der Waals surface area contributed by atoms with E-state index >= 15 is 0 Å². The van der Waals surface area contributed by atoms with E-state index in [-0.39, 0.29) is 5.83 Å². The first-order chi connectivity index (χ1) is 5.61. The SMILES string of the molecule is CC(C)=C(F)c1cccc(F)c1. The predicted molar refractivity (Wildman–Crippen MR) is 45.8 cm³/mol. The molecule has 0 N–H and O–H groups in total. The van der Waals surface area contributed by atoms with Crippen molar-refractivity contribution in [2.75, 3.05) is 0 Å². The van der Waals surface area contributed by atoms with Crippen LogP contribution in [0.25, 0.3) is 5.83 Å². The zero-order valence-electron chi connectivity index (χ0n) is 7.07. The lowest BCUT2D eigenvalue weighted by Gasteiger charge is -1.99. The molecule has 0 bridgehead atoms. The van der Waals surface area contributed by atoms with E-state index in [0.29, 0.717) is 11.1 Å². The van der Waals surface area contributed by atoms with E-state index in [1.165, 1.54) is 18.2 Å². The van der Waals surface area contributed by atoms with Crippen molar-refractivity contribution in [3.8, 4) is 0 Å². The van der Waals surface area contributed by atoms with Gasteiger partial charge in [-0.2, -0.15) is 0 Å². The summed E-state index contributed by atoms with van der Waals surface area (Å²) in [7, 11) is 0. The molecule has 0 aliphatic rings. The van der Waals surface area contributed by atoms with Crippen molar-refractivity contribution in [2.24, 2.45) is 0 Å². The van der Waals surface area contributed by atoms with E-state index < -0.39 is 5.82 Å². The summed E-state index contributed by atoms with van der Waals surface area (Å²) in [5, 5.41) is 0. The van der Waals surface area contributed by atoms with E-state index in [0.717, 1.165) is 0 Å². The third-order valence-corrected chi connectivity index (χ3v) is 1.52. The second-order valence-corrected chi connectivity index (χ2v) is 2.82. The van der Waals surface area contributed by atoms with Gasteiger partial charge in [-0.3, -0.25) is 0 Å². The van der Waals surface area contributed by atoms with Gasteiger partial charge in [0.05, 0.1) is 0 Å². The molecule has 0 radical (unpaired) electrons. The third kappa shape index (κ3) is 1.91. The summed E-state index contributed by atoms with van der Waals surface area (Å²) in [6, 6.07) is 5.52. The van der Waals surface area contributed by atoms with Crippen LogP contribution in [0.2, 0.25) is 0 Å². The Morgan fingerprint density at radius 1 is 1.25 bits per heavy atom. The standard InChI is InChI=1S/C10H10F2/c1-7(2)10(12)8-4-3-5-9(11)6-8/h3-6H,1-2H3. The van der Waals surface area contributed by atoms with Gasteiger partial charge in [0.15, 0.2) is 0 Å². The predicted octanol–water partition coefficient (Wildman–Crippen LogP) is 3.55. The molecule has 0 saturated heterocycles. The van der Waals surface area contributed by atoms with Crippen LogP contribution in [0.4, 0.5) is 8.78 Å². The minimum Gasteiger partial charge on any atom is -0.207 e. The molecular weight excluding hydrogens is 158 g/mol. The summed E-state index contributed by atoms with van der Waals surface area (Å²) in [6.45, 7) is 3.31. The molecule has 0 aromatic heterocycles. The molecule has 0 spiro atoms. The van der Waals surface area contributed by atoms with Crippen LogP contribution in [-0.2, 0) is 0 Å². The topological polar surface area (TPSA) is 0 Å². The Morgan fingerprint density at radius 2 is 1.92 bits per heavy atom. The molecule has 64 valence electrons. The Balaban J connectivity index is 3.13. The lowest BCUT2D eigenvalue weighted by atomic mass is 10.1. The van der Waals surface area contributed by atoms with Gasteiger partial charge >= 0.3 is 0 Å². The molecule has 0 unspecified atom stereocenters. The minimum atomic E-state index is -0.413. The molecule has 1 aromatic carbocycles. The number of hydrogen-bond donors (Lipinski definition) is 0. The van der Waals surface area contributed by atoms with Gasteiger partial charge in [0.2, 0.25) is 0 Å². The summed E-state index contributed by atoms with van der Waals surface area (Å²) in [5.41, 5.74) is 0.857. The molecule has 0 saturated carbocycles. The maximum atomic E-state index is 13.2. The van der Waals surface area contributed by atoms with E-state index in [4.69, 9.17) is 0 Å². The molecule has 1 aromatic rings. The van der Waals surface area contributed by atoms with Gasteiger partial charge in [-0.15, -0.1) is 0 Å². The molecule has 0 amide bonds. The summed E-state index contributed by atoms with van der Waals surface area (Å²) in [4.78, 5) is 0. The Morgan fingerprint density at radius 3 is 2.42 bits per heavy atom. The second-order valence-electron chi connectivity index (χ2n) is 2.82. The summed E-state index contributed by atoms with van der Waals surface area (Å²) < 4.78 is 25.8. The Hall–Kier alpha value is -1.18. The highest BCUT2D eigenvalue weighted by Crippen LogP contribution is 2.19. The van der Waals surface area contributed by atoms with Crippen LogP contribution in [0.1, 0.15) is 19.4 Å². The summed E-state index contributed by atoms with van der Waals surface area (Å²) in [6.07, 6.45) is 0. The first-order valence-electron chi connectivity index (χ1n) is 3.70. The van der Waals surface area contributed by atoms with Gasteiger partial charge in [-0.05, 0) is 31.6 Å². The fourth-order valence-electron chi connectivity index (χ4n) is 0.914. The Labute approximate surface area is 70.5 Å². The van der Waals surface area contributed by atoms with E-state index in [2.05, 4.69) is 0 Å². The lowest BCUT2D eigenvalue weighted by Crippen LogP contribution is -1.82. The van der Waals surface area contributed by atoms with Crippen molar-refractivity contribution < 1.29 is 8.78 Å². The van der Waals surface area contributed by atoms with Gasteiger partial charge < -0.3 is 0 Å². The quantitative estimate of drug-likeness (QED) is 0.601. The fraction of sp³-hybridized carbons (Fsp3) is 0.200. The smallest absolute Gasteiger partial charge is 0.129 e. The van der Waals surface area contributed by atoms with E-state index in [1.807, 2.05) is 0 Å². The highest BCUT2D eigenvalue weighted by atomic mass is 19.1. The average Bonchev–Trinajstić information content (AvgIpc) is 2.03. The molecule has 12 heavy (non-hydrogen) atoms. The molecule has 0 heterocycles. The average molecular weight is 168 g/mol. The monoisotopic (exact) mass is 168 g/mol. The Bertz CT molecular complexity index is 309. The van der Waals surface area contributed by atoms with Crippen LogP contribution in [0.15, 0.2) is 29.8 Å². The van der Waals surface area contributed by atoms with Crippen LogP contribution in [0.3, 0.4) is 0 Å².